The molecule has 1 aromatic rings. The first-order valence-electron chi connectivity index (χ1n) is 6.47. The highest BCUT2D eigenvalue weighted by Crippen LogP contribution is 2.23. The zero-order chi connectivity index (χ0) is 13.8. The fourth-order valence-electron chi connectivity index (χ4n) is 2.50. The summed E-state index contributed by atoms with van der Waals surface area (Å²) in [6.45, 7) is 0.612. The van der Waals surface area contributed by atoms with Gasteiger partial charge in [-0.1, -0.05) is 0 Å². The lowest BCUT2D eigenvalue weighted by Crippen LogP contribution is -2.44. The van der Waals surface area contributed by atoms with E-state index in [0.29, 0.717) is 13.0 Å². The number of aliphatic hydroxyl groups excluding tert-OH is 1. The van der Waals surface area contributed by atoms with Crippen molar-refractivity contribution >= 4 is 11.7 Å². The summed E-state index contributed by atoms with van der Waals surface area (Å²) in [5.74, 6) is -1.40. The van der Waals surface area contributed by atoms with Crippen LogP contribution in [0.1, 0.15) is 36.0 Å². The van der Waals surface area contributed by atoms with E-state index >= 15 is 0 Å². The van der Waals surface area contributed by atoms with Crippen LogP contribution >= 0.6 is 0 Å². The molecular weight excluding hydrogens is 249 g/mol. The van der Waals surface area contributed by atoms with Crippen LogP contribution in [-0.4, -0.2) is 40.1 Å². The summed E-state index contributed by atoms with van der Waals surface area (Å²) >= 11 is 0. The molecule has 0 saturated carbocycles. The van der Waals surface area contributed by atoms with Crippen LogP contribution in [0, 0.1) is 5.82 Å². The van der Waals surface area contributed by atoms with E-state index in [1.165, 1.54) is 12.3 Å². The second-order valence-electron chi connectivity index (χ2n) is 4.72. The molecule has 1 amide bonds. The van der Waals surface area contributed by atoms with Crippen molar-refractivity contribution in [3.8, 4) is 0 Å². The number of nitrogens with two attached hydrogens (primary N) is 1. The second kappa shape index (κ2) is 5.97. The Morgan fingerprint density at radius 3 is 3.11 bits per heavy atom. The maximum Gasteiger partial charge on any atom is 0.257 e. The molecule has 2 rings (SSSR count). The van der Waals surface area contributed by atoms with Crippen molar-refractivity contribution in [1.82, 2.24) is 9.88 Å². The second-order valence-corrected chi connectivity index (χ2v) is 4.72. The molecule has 5 nitrogen and oxygen atoms in total. The number of carbonyl (C=O) groups excluding carboxylic acids is 1. The van der Waals surface area contributed by atoms with Crippen molar-refractivity contribution in [2.75, 3.05) is 18.9 Å². The first-order valence-corrected chi connectivity index (χ1v) is 6.47. The van der Waals surface area contributed by atoms with Gasteiger partial charge in [0.25, 0.3) is 5.91 Å². The fourth-order valence-corrected chi connectivity index (χ4v) is 2.50. The summed E-state index contributed by atoms with van der Waals surface area (Å²) in [5.41, 5.74) is 5.34. The summed E-state index contributed by atoms with van der Waals surface area (Å²) in [6.07, 6.45) is 4.62. The molecule has 19 heavy (non-hydrogen) atoms. The number of nitrogen functional groups attached to an aromatic ring is 1. The first-order chi connectivity index (χ1) is 9.15. The molecule has 104 valence electrons. The molecule has 1 atom stereocenters. The monoisotopic (exact) mass is 267 g/mol. The summed E-state index contributed by atoms with van der Waals surface area (Å²) in [7, 11) is 0. The number of rotatable bonds is 3. The van der Waals surface area contributed by atoms with Gasteiger partial charge in [-0.05, 0) is 31.7 Å². The van der Waals surface area contributed by atoms with Gasteiger partial charge in [0.1, 0.15) is 0 Å². The Morgan fingerprint density at radius 1 is 1.58 bits per heavy atom. The van der Waals surface area contributed by atoms with Crippen molar-refractivity contribution < 1.29 is 14.3 Å². The van der Waals surface area contributed by atoms with E-state index in [4.69, 9.17) is 10.8 Å². The van der Waals surface area contributed by atoms with Gasteiger partial charge in [-0.25, -0.2) is 9.37 Å². The Morgan fingerprint density at radius 2 is 2.37 bits per heavy atom. The minimum Gasteiger partial charge on any atom is -0.396 e. The van der Waals surface area contributed by atoms with E-state index in [1.807, 2.05) is 0 Å². The highest BCUT2D eigenvalue weighted by Gasteiger charge is 2.29. The third-order valence-electron chi connectivity index (χ3n) is 3.50. The molecule has 0 spiro atoms. The summed E-state index contributed by atoms with van der Waals surface area (Å²) in [4.78, 5) is 17.6. The van der Waals surface area contributed by atoms with Crippen LogP contribution in [0.15, 0.2) is 12.3 Å². The third kappa shape index (κ3) is 2.84. The van der Waals surface area contributed by atoms with Gasteiger partial charge in [-0.2, -0.15) is 0 Å². The van der Waals surface area contributed by atoms with Crippen LogP contribution < -0.4 is 5.73 Å². The lowest BCUT2D eigenvalue weighted by Gasteiger charge is -2.35. The number of aliphatic hydroxyl groups is 1. The Bertz CT molecular complexity index is 465. The van der Waals surface area contributed by atoms with Gasteiger partial charge in [-0.15, -0.1) is 0 Å². The number of pyridine rings is 1. The molecule has 1 saturated heterocycles. The largest absolute Gasteiger partial charge is 0.396 e. The highest BCUT2D eigenvalue weighted by molar-refractivity contribution is 5.95. The molecule has 1 fully saturated rings. The van der Waals surface area contributed by atoms with Crippen molar-refractivity contribution in [2.45, 2.75) is 31.7 Å². The quantitative estimate of drug-likeness (QED) is 0.862. The molecule has 0 aromatic carbocycles. The molecule has 1 aliphatic rings. The number of nitrogens with zero attached hydrogens (tertiary/aromatic N) is 2. The van der Waals surface area contributed by atoms with Gasteiger partial charge < -0.3 is 15.7 Å². The lowest BCUT2D eigenvalue weighted by atomic mass is 9.98. The number of piperidine rings is 1. The van der Waals surface area contributed by atoms with Gasteiger partial charge in [0, 0.05) is 25.4 Å². The maximum atomic E-state index is 13.8. The zero-order valence-electron chi connectivity index (χ0n) is 10.7. The summed E-state index contributed by atoms with van der Waals surface area (Å²) in [5, 5.41) is 9.05. The minimum absolute atomic E-state index is 0.0232. The minimum atomic E-state index is -0.763. The number of hydrogen-bond acceptors (Lipinski definition) is 4. The van der Waals surface area contributed by atoms with Gasteiger partial charge >= 0.3 is 0 Å². The van der Waals surface area contributed by atoms with Crippen LogP contribution in [0.3, 0.4) is 0 Å². The molecule has 0 aliphatic carbocycles. The maximum absolute atomic E-state index is 13.8. The van der Waals surface area contributed by atoms with Crippen LogP contribution in [0.4, 0.5) is 10.2 Å². The fraction of sp³-hybridized carbons (Fsp3) is 0.538. The highest BCUT2D eigenvalue weighted by atomic mass is 19.1. The Hall–Kier alpha value is -1.69. The van der Waals surface area contributed by atoms with Crippen LogP contribution in [0.2, 0.25) is 0 Å². The number of aromatic nitrogens is 1. The average Bonchev–Trinajstić information content (AvgIpc) is 2.42. The normalized spacial score (nSPS) is 19.5. The van der Waals surface area contributed by atoms with Crippen molar-refractivity contribution in [3.05, 3.63) is 23.6 Å². The van der Waals surface area contributed by atoms with Crippen molar-refractivity contribution in [2.24, 2.45) is 0 Å². The number of amides is 1. The van der Waals surface area contributed by atoms with Gasteiger partial charge in [0.2, 0.25) is 0 Å². The number of carbonyl (C=O) groups is 1. The smallest absolute Gasteiger partial charge is 0.257 e. The van der Waals surface area contributed by atoms with E-state index in [9.17, 15) is 9.18 Å². The van der Waals surface area contributed by atoms with E-state index in [0.717, 1.165) is 19.3 Å². The summed E-state index contributed by atoms with van der Waals surface area (Å²) in [6, 6.07) is 1.32. The topological polar surface area (TPSA) is 79.5 Å². The number of hydrogen-bond donors (Lipinski definition) is 2. The standard InChI is InChI=1S/C13H18FN3O2/c14-11-10(4-6-16-12(11)15)13(19)17-7-2-1-3-9(17)5-8-18/h4,6,9,18H,1-3,5,7-8H2,(H2,15,16). The first kappa shape index (κ1) is 13.7. The van der Waals surface area contributed by atoms with Crippen molar-refractivity contribution in [3.63, 3.8) is 0 Å². The Labute approximate surface area is 111 Å². The molecule has 0 radical (unpaired) electrons. The van der Waals surface area contributed by atoms with Gasteiger partial charge in [-0.3, -0.25) is 4.79 Å². The molecule has 1 aromatic heterocycles. The Kier molecular flexibility index (Phi) is 4.31. The lowest BCUT2D eigenvalue weighted by molar-refractivity contribution is 0.0570. The molecule has 1 aliphatic heterocycles. The predicted molar refractivity (Wildman–Crippen MR) is 69.0 cm³/mol. The molecule has 3 N–H and O–H groups in total. The van der Waals surface area contributed by atoms with Gasteiger partial charge in [0.05, 0.1) is 5.56 Å². The van der Waals surface area contributed by atoms with Crippen LogP contribution in [0.5, 0.6) is 0 Å². The van der Waals surface area contributed by atoms with Crippen molar-refractivity contribution in [1.29, 1.82) is 0 Å². The van der Waals surface area contributed by atoms with E-state index in [1.54, 1.807) is 4.90 Å². The molecule has 2 heterocycles. The molecule has 6 heteroatoms. The van der Waals surface area contributed by atoms with E-state index < -0.39 is 5.82 Å². The number of anilines is 1. The van der Waals surface area contributed by atoms with E-state index in [-0.39, 0.29) is 29.9 Å². The average molecular weight is 267 g/mol. The van der Waals surface area contributed by atoms with E-state index in [2.05, 4.69) is 4.98 Å². The number of likely N-dealkylation sites (tertiary alicyclic amines) is 1. The molecular formula is C13H18FN3O2. The predicted octanol–water partition coefficient (Wildman–Crippen LogP) is 1.18. The van der Waals surface area contributed by atoms with Crippen LogP contribution in [-0.2, 0) is 0 Å². The van der Waals surface area contributed by atoms with Gasteiger partial charge in [0.15, 0.2) is 11.6 Å². The third-order valence-corrected chi connectivity index (χ3v) is 3.50. The Balaban J connectivity index is 2.23. The SMILES string of the molecule is Nc1nccc(C(=O)N2CCCCC2CCO)c1F. The summed E-state index contributed by atoms with van der Waals surface area (Å²) < 4.78 is 13.8. The zero-order valence-corrected chi connectivity index (χ0v) is 10.7. The van der Waals surface area contributed by atoms with Crippen LogP contribution in [0.25, 0.3) is 0 Å². The number of halogens is 1. The molecule has 1 unspecified atom stereocenters. The molecule has 0 bridgehead atoms.